The van der Waals surface area contributed by atoms with Gasteiger partial charge in [0.2, 0.25) is 0 Å². The van der Waals surface area contributed by atoms with Crippen LogP contribution in [0.15, 0.2) is 12.1 Å². The molecule has 16 heavy (non-hydrogen) atoms. The molecule has 0 aliphatic carbocycles. The summed E-state index contributed by atoms with van der Waals surface area (Å²) in [7, 11) is 1.38. The molecule has 0 aliphatic heterocycles. The number of rotatable bonds is 4. The summed E-state index contributed by atoms with van der Waals surface area (Å²) in [6.07, 6.45) is 5.18. The number of hydrogen-bond donors (Lipinski definition) is 3. The minimum absolute atomic E-state index is 0.131. The number of phenolic OH excluding ortho intramolecular Hbond substituents is 3. The number of phenols is 3. The summed E-state index contributed by atoms with van der Waals surface area (Å²) in [5, 5.41) is 28.7. The first-order valence-electron chi connectivity index (χ1n) is 5.10. The first-order chi connectivity index (χ1) is 7.61. The Balaban J connectivity index is 3.19. The topological polar surface area (TPSA) is 69.9 Å². The Morgan fingerprint density at radius 2 is 1.94 bits per heavy atom. The van der Waals surface area contributed by atoms with Crippen LogP contribution in [0.3, 0.4) is 0 Å². The Bertz CT molecular complexity index is 396. The second-order valence-corrected chi connectivity index (χ2v) is 3.40. The quantitative estimate of drug-likeness (QED) is 0.543. The molecule has 1 aromatic carbocycles. The van der Waals surface area contributed by atoms with Crippen LogP contribution in [0.5, 0.6) is 23.0 Å². The van der Waals surface area contributed by atoms with Crippen molar-refractivity contribution in [3.8, 4) is 23.0 Å². The van der Waals surface area contributed by atoms with Gasteiger partial charge in [-0.2, -0.15) is 0 Å². The minimum Gasteiger partial charge on any atom is -0.504 e. The SMILES string of the molecule is CCCC=Cc1c(O)c(O)cc(OC)c1O. The number of aromatic hydroxyl groups is 3. The van der Waals surface area contributed by atoms with E-state index in [1.54, 1.807) is 6.08 Å². The van der Waals surface area contributed by atoms with E-state index in [-0.39, 0.29) is 28.6 Å². The van der Waals surface area contributed by atoms with Crippen LogP contribution in [0.4, 0.5) is 0 Å². The van der Waals surface area contributed by atoms with E-state index in [4.69, 9.17) is 4.74 Å². The molecule has 0 unspecified atom stereocenters. The highest BCUT2D eigenvalue weighted by Gasteiger charge is 2.15. The second-order valence-electron chi connectivity index (χ2n) is 3.40. The summed E-state index contributed by atoms with van der Waals surface area (Å²) in [6.45, 7) is 2.02. The van der Waals surface area contributed by atoms with Crippen LogP contribution in [-0.4, -0.2) is 22.4 Å². The monoisotopic (exact) mass is 224 g/mol. The van der Waals surface area contributed by atoms with Crippen LogP contribution in [-0.2, 0) is 0 Å². The van der Waals surface area contributed by atoms with Gasteiger partial charge in [0.05, 0.1) is 12.7 Å². The smallest absolute Gasteiger partial charge is 0.169 e. The fourth-order valence-corrected chi connectivity index (χ4v) is 1.33. The molecule has 0 fully saturated rings. The van der Waals surface area contributed by atoms with Crippen molar-refractivity contribution in [1.82, 2.24) is 0 Å². The van der Waals surface area contributed by atoms with Crippen molar-refractivity contribution in [2.45, 2.75) is 19.8 Å². The predicted octanol–water partition coefficient (Wildman–Crippen LogP) is 2.63. The van der Waals surface area contributed by atoms with Gasteiger partial charge >= 0.3 is 0 Å². The first kappa shape index (κ1) is 12.2. The van der Waals surface area contributed by atoms with Gasteiger partial charge in [-0.1, -0.05) is 25.5 Å². The largest absolute Gasteiger partial charge is 0.504 e. The van der Waals surface area contributed by atoms with Crippen LogP contribution < -0.4 is 4.74 Å². The van der Waals surface area contributed by atoms with Crippen molar-refractivity contribution in [3.63, 3.8) is 0 Å². The van der Waals surface area contributed by atoms with Crippen molar-refractivity contribution >= 4 is 6.08 Å². The van der Waals surface area contributed by atoms with E-state index < -0.39 is 0 Å². The Hall–Kier alpha value is -1.84. The molecule has 0 aliphatic rings. The van der Waals surface area contributed by atoms with Crippen LogP contribution in [0, 0.1) is 0 Å². The average molecular weight is 224 g/mol. The lowest BCUT2D eigenvalue weighted by molar-refractivity contribution is 0.355. The number of unbranched alkanes of at least 4 members (excludes halogenated alkanes) is 1. The van der Waals surface area contributed by atoms with Gasteiger partial charge in [0, 0.05) is 6.07 Å². The van der Waals surface area contributed by atoms with E-state index in [1.165, 1.54) is 13.2 Å². The van der Waals surface area contributed by atoms with Gasteiger partial charge in [-0.05, 0) is 6.42 Å². The number of methoxy groups -OCH3 is 1. The third-order valence-corrected chi connectivity index (χ3v) is 2.21. The normalized spacial score (nSPS) is 10.9. The predicted molar refractivity (Wildman–Crippen MR) is 61.9 cm³/mol. The van der Waals surface area contributed by atoms with E-state index in [0.29, 0.717) is 0 Å². The van der Waals surface area contributed by atoms with Crippen LogP contribution in [0.1, 0.15) is 25.3 Å². The van der Waals surface area contributed by atoms with Gasteiger partial charge in [0.15, 0.2) is 23.0 Å². The number of ether oxygens (including phenoxy) is 1. The maximum absolute atomic E-state index is 9.75. The Morgan fingerprint density at radius 3 is 2.50 bits per heavy atom. The molecule has 88 valence electrons. The second kappa shape index (κ2) is 5.30. The zero-order valence-electron chi connectivity index (χ0n) is 9.40. The third-order valence-electron chi connectivity index (χ3n) is 2.21. The Morgan fingerprint density at radius 1 is 1.25 bits per heavy atom. The summed E-state index contributed by atoms with van der Waals surface area (Å²) < 4.78 is 4.87. The molecule has 0 bridgehead atoms. The standard InChI is InChI=1S/C12H16O4/c1-3-4-5-6-8-11(14)9(13)7-10(16-2)12(8)15/h5-7,13-15H,3-4H2,1-2H3. The van der Waals surface area contributed by atoms with Crippen molar-refractivity contribution in [2.75, 3.05) is 7.11 Å². The van der Waals surface area contributed by atoms with Crippen LogP contribution in [0.25, 0.3) is 6.08 Å². The van der Waals surface area contributed by atoms with E-state index in [2.05, 4.69) is 0 Å². The molecule has 0 amide bonds. The van der Waals surface area contributed by atoms with Crippen molar-refractivity contribution in [1.29, 1.82) is 0 Å². The molecule has 1 aromatic rings. The summed E-state index contributed by atoms with van der Waals surface area (Å²) >= 11 is 0. The van der Waals surface area contributed by atoms with Gasteiger partial charge in [0.25, 0.3) is 0 Å². The highest BCUT2D eigenvalue weighted by molar-refractivity contribution is 5.71. The summed E-state index contributed by atoms with van der Waals surface area (Å²) in [5.41, 5.74) is 0.172. The van der Waals surface area contributed by atoms with Gasteiger partial charge in [0.1, 0.15) is 0 Å². The molecule has 1 rings (SSSR count). The highest BCUT2D eigenvalue weighted by atomic mass is 16.5. The highest BCUT2D eigenvalue weighted by Crippen LogP contribution is 2.43. The fourth-order valence-electron chi connectivity index (χ4n) is 1.33. The molecule has 4 nitrogen and oxygen atoms in total. The van der Waals surface area contributed by atoms with Crippen molar-refractivity contribution < 1.29 is 20.1 Å². The fraction of sp³-hybridized carbons (Fsp3) is 0.333. The Labute approximate surface area is 94.4 Å². The lowest BCUT2D eigenvalue weighted by Crippen LogP contribution is -1.87. The van der Waals surface area contributed by atoms with E-state index >= 15 is 0 Å². The molecule has 0 radical (unpaired) electrons. The molecule has 0 saturated carbocycles. The van der Waals surface area contributed by atoms with Gasteiger partial charge < -0.3 is 20.1 Å². The maximum Gasteiger partial charge on any atom is 0.169 e. The number of allylic oxidation sites excluding steroid dienone is 1. The van der Waals surface area contributed by atoms with E-state index in [1.807, 2.05) is 13.0 Å². The summed E-state index contributed by atoms with van der Waals surface area (Å²) in [5.74, 6) is -0.701. The van der Waals surface area contributed by atoms with Crippen LogP contribution in [0.2, 0.25) is 0 Å². The van der Waals surface area contributed by atoms with Crippen molar-refractivity contribution in [2.24, 2.45) is 0 Å². The average Bonchev–Trinajstić information content (AvgIpc) is 2.28. The molecular weight excluding hydrogens is 208 g/mol. The van der Waals surface area contributed by atoms with Crippen molar-refractivity contribution in [3.05, 3.63) is 17.7 Å². The molecule has 4 heteroatoms. The zero-order valence-corrected chi connectivity index (χ0v) is 9.40. The molecular formula is C12H16O4. The Kier molecular flexibility index (Phi) is 4.05. The molecule has 0 spiro atoms. The number of hydrogen-bond acceptors (Lipinski definition) is 4. The van der Waals surface area contributed by atoms with Gasteiger partial charge in [-0.25, -0.2) is 0 Å². The van der Waals surface area contributed by atoms with Gasteiger partial charge in [-0.3, -0.25) is 0 Å². The third kappa shape index (κ3) is 2.39. The zero-order chi connectivity index (χ0) is 12.1. The van der Waals surface area contributed by atoms with Crippen LogP contribution >= 0.6 is 0 Å². The lowest BCUT2D eigenvalue weighted by Gasteiger charge is -2.09. The molecule has 0 aromatic heterocycles. The lowest BCUT2D eigenvalue weighted by atomic mass is 10.1. The maximum atomic E-state index is 9.75. The van der Waals surface area contributed by atoms with Gasteiger partial charge in [-0.15, -0.1) is 0 Å². The minimum atomic E-state index is -0.342. The summed E-state index contributed by atoms with van der Waals surface area (Å²) in [6, 6.07) is 1.17. The molecule has 0 atom stereocenters. The number of benzene rings is 1. The van der Waals surface area contributed by atoms with E-state index in [0.717, 1.165) is 12.8 Å². The first-order valence-corrected chi connectivity index (χ1v) is 5.10. The summed E-state index contributed by atoms with van der Waals surface area (Å²) in [4.78, 5) is 0. The van der Waals surface area contributed by atoms with E-state index in [9.17, 15) is 15.3 Å². The molecule has 0 heterocycles. The molecule has 0 saturated heterocycles. The molecule has 3 N–H and O–H groups in total.